The summed E-state index contributed by atoms with van der Waals surface area (Å²) >= 11 is 5.93. The van der Waals surface area contributed by atoms with E-state index in [-0.39, 0.29) is 11.2 Å². The van der Waals surface area contributed by atoms with E-state index in [0.717, 1.165) is 0 Å². The number of methoxy groups -OCH3 is 3. The van der Waals surface area contributed by atoms with Crippen molar-refractivity contribution in [2.45, 2.75) is 0 Å². The third-order valence-electron chi connectivity index (χ3n) is 5.22. The molecule has 8 heteroatoms. The molecular weight excluding hydrogens is 472 g/mol. The van der Waals surface area contributed by atoms with Crippen LogP contribution in [0.4, 0.5) is 0 Å². The van der Waals surface area contributed by atoms with Crippen molar-refractivity contribution >= 4 is 34.6 Å². The molecule has 178 valence electrons. The van der Waals surface area contributed by atoms with Crippen LogP contribution in [0.25, 0.3) is 28.2 Å². The molecule has 1 heterocycles. The van der Waals surface area contributed by atoms with Gasteiger partial charge in [-0.3, -0.25) is 4.79 Å². The van der Waals surface area contributed by atoms with E-state index in [9.17, 15) is 9.59 Å². The minimum atomic E-state index is -0.613. The van der Waals surface area contributed by atoms with Gasteiger partial charge in [0.05, 0.1) is 32.3 Å². The van der Waals surface area contributed by atoms with Gasteiger partial charge in [0.2, 0.25) is 5.75 Å². The fraction of sp³-hybridized carbons (Fsp3) is 0.111. The Morgan fingerprint density at radius 1 is 0.914 bits per heavy atom. The number of benzene rings is 3. The number of halogens is 1. The van der Waals surface area contributed by atoms with E-state index in [1.807, 2.05) is 0 Å². The Balaban J connectivity index is 1.54. The first kappa shape index (κ1) is 23.9. The number of carbonyl (C=O) groups excluding carboxylic acids is 1. The van der Waals surface area contributed by atoms with Crippen LogP contribution < -0.4 is 24.4 Å². The molecule has 4 aromatic rings. The van der Waals surface area contributed by atoms with Gasteiger partial charge in [-0.05, 0) is 53.6 Å². The molecule has 0 N–H and O–H groups in total. The third-order valence-corrected chi connectivity index (χ3v) is 5.47. The summed E-state index contributed by atoms with van der Waals surface area (Å²) in [6.07, 6.45) is 4.21. The fourth-order valence-corrected chi connectivity index (χ4v) is 3.64. The zero-order valence-electron chi connectivity index (χ0n) is 19.2. The van der Waals surface area contributed by atoms with Gasteiger partial charge in [0, 0.05) is 17.2 Å². The lowest BCUT2D eigenvalue weighted by Crippen LogP contribution is -2.06. The van der Waals surface area contributed by atoms with E-state index in [2.05, 4.69) is 0 Å². The molecule has 0 unspecified atom stereocenters. The lowest BCUT2D eigenvalue weighted by atomic mass is 10.1. The molecule has 0 fully saturated rings. The molecule has 0 aliphatic carbocycles. The molecule has 7 nitrogen and oxygen atoms in total. The van der Waals surface area contributed by atoms with Crippen LogP contribution in [0.15, 0.2) is 76.1 Å². The van der Waals surface area contributed by atoms with Gasteiger partial charge in [0.1, 0.15) is 17.6 Å². The summed E-state index contributed by atoms with van der Waals surface area (Å²) in [4.78, 5) is 25.3. The van der Waals surface area contributed by atoms with E-state index >= 15 is 0 Å². The largest absolute Gasteiger partial charge is 0.493 e. The Labute approximate surface area is 206 Å². The first-order valence-corrected chi connectivity index (χ1v) is 10.8. The van der Waals surface area contributed by atoms with Crippen molar-refractivity contribution in [3.63, 3.8) is 0 Å². The smallest absolute Gasteiger partial charge is 0.336 e. The highest BCUT2D eigenvalue weighted by Crippen LogP contribution is 2.38. The van der Waals surface area contributed by atoms with Crippen molar-refractivity contribution in [1.29, 1.82) is 0 Å². The molecule has 0 spiro atoms. The average molecular weight is 493 g/mol. The Morgan fingerprint density at radius 2 is 1.60 bits per heavy atom. The van der Waals surface area contributed by atoms with Gasteiger partial charge in [-0.25, -0.2) is 4.79 Å². The molecule has 4 rings (SSSR count). The molecule has 0 atom stereocenters. The Kier molecular flexibility index (Phi) is 7.08. The normalized spacial score (nSPS) is 11.0. The van der Waals surface area contributed by atoms with Crippen LogP contribution in [-0.4, -0.2) is 27.3 Å². The van der Waals surface area contributed by atoms with Crippen molar-refractivity contribution in [3.8, 4) is 34.1 Å². The molecule has 0 aliphatic rings. The number of carbonyl (C=O) groups is 1. The Morgan fingerprint density at radius 3 is 2.23 bits per heavy atom. The lowest BCUT2D eigenvalue weighted by Gasteiger charge is -2.12. The predicted molar refractivity (Wildman–Crippen MR) is 134 cm³/mol. The van der Waals surface area contributed by atoms with Gasteiger partial charge in [0.25, 0.3) is 0 Å². The maximum absolute atomic E-state index is 12.9. The van der Waals surface area contributed by atoms with Crippen molar-refractivity contribution in [2.75, 3.05) is 21.3 Å². The Bertz CT molecular complexity index is 1440. The third kappa shape index (κ3) is 5.15. The van der Waals surface area contributed by atoms with Gasteiger partial charge in [-0.1, -0.05) is 23.7 Å². The van der Waals surface area contributed by atoms with Crippen molar-refractivity contribution in [1.82, 2.24) is 0 Å². The monoisotopic (exact) mass is 492 g/mol. The van der Waals surface area contributed by atoms with Crippen LogP contribution in [0.3, 0.4) is 0 Å². The van der Waals surface area contributed by atoms with Gasteiger partial charge in [-0.2, -0.15) is 0 Å². The quantitative estimate of drug-likeness (QED) is 0.184. The fourth-order valence-electron chi connectivity index (χ4n) is 3.51. The minimum Gasteiger partial charge on any atom is -0.493 e. The highest BCUT2D eigenvalue weighted by atomic mass is 35.5. The number of esters is 1. The topological polar surface area (TPSA) is 84.2 Å². The first-order valence-electron chi connectivity index (χ1n) is 10.4. The van der Waals surface area contributed by atoms with Gasteiger partial charge in [0.15, 0.2) is 16.9 Å². The SMILES string of the molecule is COc1cc(/C=C/C(=O)Oc2ccc3c(=O)c(-c4ccc(Cl)cc4)coc3c2)cc(OC)c1OC. The van der Waals surface area contributed by atoms with Crippen molar-refractivity contribution < 1.29 is 28.2 Å². The van der Waals surface area contributed by atoms with Crippen LogP contribution in [0.1, 0.15) is 5.56 Å². The maximum atomic E-state index is 12.9. The number of ether oxygens (including phenoxy) is 4. The second-order valence-electron chi connectivity index (χ2n) is 7.36. The van der Waals surface area contributed by atoms with Gasteiger partial charge in [-0.15, -0.1) is 0 Å². The van der Waals surface area contributed by atoms with Crippen LogP contribution in [0, 0.1) is 0 Å². The highest BCUT2D eigenvalue weighted by Gasteiger charge is 2.13. The number of hydrogen-bond acceptors (Lipinski definition) is 7. The molecule has 0 radical (unpaired) electrons. The summed E-state index contributed by atoms with van der Waals surface area (Å²) in [7, 11) is 4.53. The molecule has 1 aromatic heterocycles. The van der Waals surface area contributed by atoms with E-state index in [1.54, 1.807) is 48.5 Å². The molecule has 3 aromatic carbocycles. The maximum Gasteiger partial charge on any atom is 0.336 e. The zero-order valence-corrected chi connectivity index (χ0v) is 19.9. The molecule has 0 bridgehead atoms. The summed E-state index contributed by atoms with van der Waals surface area (Å²) in [6.45, 7) is 0. The van der Waals surface area contributed by atoms with Crippen LogP contribution >= 0.6 is 11.6 Å². The van der Waals surface area contributed by atoms with E-state index in [0.29, 0.717) is 49.9 Å². The van der Waals surface area contributed by atoms with Crippen LogP contribution in [0.2, 0.25) is 5.02 Å². The van der Waals surface area contributed by atoms with Crippen molar-refractivity contribution in [3.05, 3.63) is 87.7 Å². The van der Waals surface area contributed by atoms with E-state index in [1.165, 1.54) is 45.8 Å². The molecule has 0 saturated carbocycles. The predicted octanol–water partition coefficient (Wildman–Crippen LogP) is 5.76. The molecule has 35 heavy (non-hydrogen) atoms. The van der Waals surface area contributed by atoms with Crippen molar-refractivity contribution in [2.24, 2.45) is 0 Å². The Hall–Kier alpha value is -4.23. The van der Waals surface area contributed by atoms with E-state index < -0.39 is 5.97 Å². The van der Waals surface area contributed by atoms with Gasteiger partial charge >= 0.3 is 5.97 Å². The molecule has 0 saturated heterocycles. The standard InChI is InChI=1S/C27H21ClO7/c1-31-23-12-16(13-24(32-2)27(23)33-3)4-11-25(29)35-19-9-10-20-22(14-19)34-15-21(26(20)30)17-5-7-18(28)8-6-17/h4-15H,1-3H3/b11-4+. The molecule has 0 amide bonds. The summed E-state index contributed by atoms with van der Waals surface area (Å²) in [6, 6.07) is 14.9. The molecule has 0 aliphatic heterocycles. The summed E-state index contributed by atoms with van der Waals surface area (Å²) in [5.74, 6) is 0.995. The van der Waals surface area contributed by atoms with E-state index in [4.69, 9.17) is 35.0 Å². The van der Waals surface area contributed by atoms with Crippen LogP contribution in [-0.2, 0) is 4.79 Å². The zero-order chi connectivity index (χ0) is 24.9. The number of hydrogen-bond donors (Lipinski definition) is 0. The highest BCUT2D eigenvalue weighted by molar-refractivity contribution is 6.30. The first-order chi connectivity index (χ1) is 16.9. The lowest BCUT2D eigenvalue weighted by molar-refractivity contribution is -0.128. The number of rotatable bonds is 7. The second-order valence-corrected chi connectivity index (χ2v) is 7.79. The van der Waals surface area contributed by atoms with Gasteiger partial charge < -0.3 is 23.4 Å². The number of fused-ring (bicyclic) bond motifs is 1. The molecular formula is C27H21ClO7. The van der Waals surface area contributed by atoms with Crippen LogP contribution in [0.5, 0.6) is 23.0 Å². The average Bonchev–Trinajstić information content (AvgIpc) is 2.87. The summed E-state index contributed by atoms with van der Waals surface area (Å²) in [5.41, 5.74) is 1.85. The summed E-state index contributed by atoms with van der Waals surface area (Å²) in [5, 5.41) is 0.940. The second kappa shape index (κ2) is 10.4. The summed E-state index contributed by atoms with van der Waals surface area (Å²) < 4.78 is 27.0. The minimum absolute atomic E-state index is 0.200.